The van der Waals surface area contributed by atoms with Crippen LogP contribution in [0.25, 0.3) is 0 Å². The molecule has 5 heteroatoms. The number of rotatable bonds is 10. The van der Waals surface area contributed by atoms with Crippen molar-refractivity contribution in [2.75, 3.05) is 12.0 Å². The lowest BCUT2D eigenvalue weighted by molar-refractivity contribution is 0.959. The van der Waals surface area contributed by atoms with E-state index in [1.807, 2.05) is 56.3 Å². The lowest BCUT2D eigenvalue weighted by atomic mass is 10.1. The van der Waals surface area contributed by atoms with Crippen LogP contribution in [-0.4, -0.2) is 19.5 Å². The molecule has 0 heterocycles. The molecule has 0 aromatic heterocycles. The third kappa shape index (κ3) is 7.66. The molecule has 0 radical (unpaired) electrons. The van der Waals surface area contributed by atoms with E-state index in [-0.39, 0.29) is 0 Å². The van der Waals surface area contributed by atoms with Gasteiger partial charge in [0.15, 0.2) is 0 Å². The molecule has 0 amide bonds. The Morgan fingerprint density at radius 1 is 1.23 bits per heavy atom. The van der Waals surface area contributed by atoms with Gasteiger partial charge in [-0.15, -0.1) is 0 Å². The highest BCUT2D eigenvalue weighted by Gasteiger charge is 2.06. The van der Waals surface area contributed by atoms with Crippen LogP contribution >= 0.6 is 0 Å². The summed E-state index contributed by atoms with van der Waals surface area (Å²) < 4.78 is 0. The summed E-state index contributed by atoms with van der Waals surface area (Å²) in [6.45, 7) is 10.1. The molecule has 0 unspecified atom stereocenters. The lowest BCUT2D eigenvalue weighted by Crippen LogP contribution is -2.24. The molecule has 5 nitrogen and oxygen atoms in total. The molecule has 26 heavy (non-hydrogen) atoms. The zero-order valence-electron chi connectivity index (χ0n) is 15.9. The van der Waals surface area contributed by atoms with Gasteiger partial charge in [0.25, 0.3) is 0 Å². The highest BCUT2D eigenvalue weighted by atomic mass is 15.4. The number of aliphatic imine (C=N–C) groups is 2. The van der Waals surface area contributed by atoms with Crippen molar-refractivity contribution in [3.8, 4) is 0 Å². The van der Waals surface area contributed by atoms with Gasteiger partial charge in [-0.2, -0.15) is 0 Å². The molecular weight excluding hydrogens is 322 g/mol. The van der Waals surface area contributed by atoms with Crippen LogP contribution in [0.4, 0.5) is 5.69 Å². The van der Waals surface area contributed by atoms with Crippen LogP contribution in [0.3, 0.4) is 0 Å². The first-order valence-electron chi connectivity index (χ1n) is 8.60. The molecule has 0 bridgehead atoms. The molecule has 1 aromatic rings. The summed E-state index contributed by atoms with van der Waals surface area (Å²) >= 11 is 0. The monoisotopic (exact) mass is 351 g/mol. The molecule has 0 aliphatic heterocycles. The number of hydrogen-bond donors (Lipinski definition) is 3. The Kier molecular flexibility index (Phi) is 9.92. The molecule has 1 aromatic carbocycles. The highest BCUT2D eigenvalue weighted by Crippen LogP contribution is 2.14. The quantitative estimate of drug-likeness (QED) is 0.333. The van der Waals surface area contributed by atoms with Crippen molar-refractivity contribution < 1.29 is 0 Å². The number of nitrogens with zero attached hydrogens (tertiary/aromatic N) is 2. The van der Waals surface area contributed by atoms with Crippen LogP contribution in [0.2, 0.25) is 0 Å². The average molecular weight is 351 g/mol. The van der Waals surface area contributed by atoms with Crippen LogP contribution < -0.4 is 16.6 Å². The van der Waals surface area contributed by atoms with Gasteiger partial charge >= 0.3 is 0 Å². The summed E-state index contributed by atoms with van der Waals surface area (Å²) in [6.07, 6.45) is 10.1. The lowest BCUT2D eigenvalue weighted by Gasteiger charge is -2.16. The normalized spacial score (nSPS) is 13.8. The van der Waals surface area contributed by atoms with Crippen molar-refractivity contribution in [1.29, 1.82) is 0 Å². The molecule has 1 rings (SSSR count). The number of nitrogens with one attached hydrogen (secondary N) is 2. The van der Waals surface area contributed by atoms with E-state index in [1.54, 1.807) is 18.6 Å². The maximum atomic E-state index is 5.77. The molecule has 0 saturated carbocycles. The molecule has 0 saturated heterocycles. The maximum Gasteiger partial charge on any atom is 0.0671 e. The van der Waals surface area contributed by atoms with Gasteiger partial charge in [-0.3, -0.25) is 15.4 Å². The fourth-order valence-electron chi connectivity index (χ4n) is 2.09. The van der Waals surface area contributed by atoms with Gasteiger partial charge in [-0.1, -0.05) is 42.8 Å². The number of nitrogens with two attached hydrogens (primary N) is 1. The molecule has 0 fully saturated rings. The van der Waals surface area contributed by atoms with Crippen LogP contribution in [0.1, 0.15) is 27.2 Å². The van der Waals surface area contributed by atoms with E-state index in [2.05, 4.69) is 34.5 Å². The second-order valence-electron chi connectivity index (χ2n) is 5.74. The van der Waals surface area contributed by atoms with Crippen LogP contribution in [0.15, 0.2) is 87.3 Å². The van der Waals surface area contributed by atoms with Crippen molar-refractivity contribution in [3.63, 3.8) is 0 Å². The number of hydrazine groups is 1. The zero-order chi connectivity index (χ0) is 19.2. The smallest absolute Gasteiger partial charge is 0.0671 e. The summed E-state index contributed by atoms with van der Waals surface area (Å²) in [7, 11) is 0. The first-order chi connectivity index (χ1) is 12.6. The van der Waals surface area contributed by atoms with Gasteiger partial charge in [0.05, 0.1) is 17.9 Å². The van der Waals surface area contributed by atoms with E-state index >= 15 is 0 Å². The third-order valence-corrected chi connectivity index (χ3v) is 3.44. The van der Waals surface area contributed by atoms with E-state index < -0.39 is 0 Å². The Morgan fingerprint density at radius 3 is 2.58 bits per heavy atom. The van der Waals surface area contributed by atoms with Gasteiger partial charge < -0.3 is 11.2 Å². The summed E-state index contributed by atoms with van der Waals surface area (Å²) in [4.78, 5) is 8.32. The Hall–Kier alpha value is -3.08. The van der Waals surface area contributed by atoms with Crippen LogP contribution in [0, 0.1) is 0 Å². The van der Waals surface area contributed by atoms with Crippen LogP contribution in [0.5, 0.6) is 0 Å². The standard InChI is InChI=1S/C21H29N5/c1-5-6-12-24-16-19(13-17(2)15-23-4)21(18(3)14-22)26-25-20-10-8-7-9-11-20/h6-14,16,25-26H,4-5,15,22H2,1-3H3/b12-6+,17-13+,18-14+,21-19-,24-16?. The molecule has 4 N–H and O–H groups in total. The van der Waals surface area contributed by atoms with Crippen molar-refractivity contribution in [3.05, 3.63) is 77.3 Å². The number of anilines is 1. The SMILES string of the molecule is C=NC/C(C)=C/C(C=N/C=C/CC)=C(NNc1ccccc1)\C(C)=C\N. The predicted octanol–water partition coefficient (Wildman–Crippen LogP) is 4.36. The van der Waals surface area contributed by atoms with Crippen LogP contribution in [-0.2, 0) is 0 Å². The summed E-state index contributed by atoms with van der Waals surface area (Å²) in [6, 6.07) is 9.87. The van der Waals surface area contributed by atoms with Gasteiger partial charge in [0, 0.05) is 18.0 Å². The minimum absolute atomic E-state index is 0.562. The fraction of sp³-hybridized carbons (Fsp3) is 0.238. The summed E-state index contributed by atoms with van der Waals surface area (Å²) in [5.74, 6) is 0. The largest absolute Gasteiger partial charge is 0.404 e. The van der Waals surface area contributed by atoms with E-state index in [1.165, 1.54) is 0 Å². The highest BCUT2D eigenvalue weighted by molar-refractivity contribution is 5.85. The van der Waals surface area contributed by atoms with Gasteiger partial charge in [0.2, 0.25) is 0 Å². The molecule has 138 valence electrons. The second-order valence-corrected chi connectivity index (χ2v) is 5.74. The number of hydrogen-bond acceptors (Lipinski definition) is 5. The van der Waals surface area contributed by atoms with E-state index in [4.69, 9.17) is 5.73 Å². The Labute approximate surface area is 156 Å². The second kappa shape index (κ2) is 12.3. The van der Waals surface area contributed by atoms with Gasteiger partial charge in [-0.25, -0.2) is 0 Å². The molecule has 0 aliphatic carbocycles. The van der Waals surface area contributed by atoms with E-state index in [0.717, 1.165) is 34.5 Å². The van der Waals surface area contributed by atoms with Crippen molar-refractivity contribution in [2.45, 2.75) is 27.2 Å². The Bertz CT molecular complexity index is 709. The topological polar surface area (TPSA) is 74.8 Å². The number of benzene rings is 1. The van der Waals surface area contributed by atoms with Gasteiger partial charge in [-0.05, 0) is 50.9 Å². The average Bonchev–Trinajstić information content (AvgIpc) is 2.65. The molecule has 0 atom stereocenters. The van der Waals surface area contributed by atoms with E-state index in [0.29, 0.717) is 6.54 Å². The minimum atomic E-state index is 0.562. The predicted molar refractivity (Wildman–Crippen MR) is 114 cm³/mol. The van der Waals surface area contributed by atoms with Crippen molar-refractivity contribution in [1.82, 2.24) is 5.43 Å². The Balaban J connectivity index is 3.25. The zero-order valence-corrected chi connectivity index (χ0v) is 15.9. The molecule has 0 aliphatic rings. The van der Waals surface area contributed by atoms with Crippen molar-refractivity contribution in [2.24, 2.45) is 15.7 Å². The molecule has 0 spiro atoms. The Morgan fingerprint density at radius 2 is 1.96 bits per heavy atom. The number of para-hydroxylation sites is 1. The first kappa shape index (κ1) is 21.0. The summed E-state index contributed by atoms with van der Waals surface area (Å²) in [5.41, 5.74) is 16.9. The first-order valence-corrected chi connectivity index (χ1v) is 8.60. The number of allylic oxidation sites excluding steroid dienone is 4. The van der Waals surface area contributed by atoms with Crippen molar-refractivity contribution >= 4 is 18.6 Å². The minimum Gasteiger partial charge on any atom is -0.404 e. The summed E-state index contributed by atoms with van der Waals surface area (Å²) in [5, 5.41) is 0. The van der Waals surface area contributed by atoms with Gasteiger partial charge in [0.1, 0.15) is 0 Å². The van der Waals surface area contributed by atoms with E-state index in [9.17, 15) is 0 Å². The maximum absolute atomic E-state index is 5.77. The third-order valence-electron chi connectivity index (χ3n) is 3.44. The fourth-order valence-corrected chi connectivity index (χ4v) is 2.09. The molecular formula is C21H29N5.